The molecule has 0 bridgehead atoms. The number of benzene rings is 1. The van der Waals surface area contributed by atoms with E-state index in [1.807, 2.05) is 6.92 Å². The summed E-state index contributed by atoms with van der Waals surface area (Å²) in [6.07, 6.45) is 1.80. The summed E-state index contributed by atoms with van der Waals surface area (Å²) in [7, 11) is 0. The molecule has 3 nitrogen and oxygen atoms in total. The number of anilines is 1. The SMILES string of the molecule is Cc1ccc(CCc2oc(N)nc2C)cc1. The van der Waals surface area contributed by atoms with E-state index < -0.39 is 0 Å². The topological polar surface area (TPSA) is 52.0 Å². The molecular formula is C13H16N2O. The molecule has 0 amide bonds. The highest BCUT2D eigenvalue weighted by Crippen LogP contribution is 2.14. The maximum absolute atomic E-state index is 5.49. The zero-order chi connectivity index (χ0) is 11.5. The Morgan fingerprint density at radius 1 is 1.12 bits per heavy atom. The second-order valence-corrected chi connectivity index (χ2v) is 4.05. The molecule has 0 aliphatic rings. The summed E-state index contributed by atoms with van der Waals surface area (Å²) in [6.45, 7) is 4.01. The monoisotopic (exact) mass is 216 g/mol. The van der Waals surface area contributed by atoms with Crippen LogP contribution in [-0.4, -0.2) is 4.98 Å². The number of oxazole rings is 1. The summed E-state index contributed by atoms with van der Waals surface area (Å²) < 4.78 is 5.33. The van der Waals surface area contributed by atoms with Gasteiger partial charge >= 0.3 is 0 Å². The first-order valence-corrected chi connectivity index (χ1v) is 5.42. The van der Waals surface area contributed by atoms with Gasteiger partial charge in [-0.3, -0.25) is 0 Å². The molecule has 0 radical (unpaired) electrons. The lowest BCUT2D eigenvalue weighted by Gasteiger charge is -2.00. The molecule has 1 heterocycles. The van der Waals surface area contributed by atoms with Crippen molar-refractivity contribution in [2.24, 2.45) is 0 Å². The van der Waals surface area contributed by atoms with Gasteiger partial charge in [0.25, 0.3) is 6.01 Å². The zero-order valence-electron chi connectivity index (χ0n) is 9.66. The van der Waals surface area contributed by atoms with E-state index in [4.69, 9.17) is 10.2 Å². The minimum atomic E-state index is 0.261. The Labute approximate surface area is 95.3 Å². The normalized spacial score (nSPS) is 10.6. The quantitative estimate of drug-likeness (QED) is 0.858. The van der Waals surface area contributed by atoms with Crippen LogP contribution in [0, 0.1) is 13.8 Å². The molecule has 0 fully saturated rings. The van der Waals surface area contributed by atoms with Crippen molar-refractivity contribution in [3.05, 3.63) is 46.8 Å². The highest BCUT2D eigenvalue weighted by Gasteiger charge is 2.06. The molecule has 0 atom stereocenters. The number of aromatic nitrogens is 1. The number of nitrogens with two attached hydrogens (primary N) is 1. The third-order valence-electron chi connectivity index (χ3n) is 2.67. The molecule has 0 aliphatic carbocycles. The predicted molar refractivity (Wildman–Crippen MR) is 64.2 cm³/mol. The van der Waals surface area contributed by atoms with E-state index in [-0.39, 0.29) is 6.01 Å². The Balaban J connectivity index is 2.02. The summed E-state index contributed by atoms with van der Waals surface area (Å²) in [5, 5.41) is 0. The Bertz CT molecular complexity index is 471. The van der Waals surface area contributed by atoms with Crippen LogP contribution in [0.15, 0.2) is 28.7 Å². The largest absolute Gasteiger partial charge is 0.429 e. The van der Waals surface area contributed by atoms with Gasteiger partial charge in [-0.1, -0.05) is 29.8 Å². The van der Waals surface area contributed by atoms with Crippen molar-refractivity contribution in [1.29, 1.82) is 0 Å². The first-order valence-electron chi connectivity index (χ1n) is 5.42. The van der Waals surface area contributed by atoms with Gasteiger partial charge in [0.05, 0.1) is 5.69 Å². The van der Waals surface area contributed by atoms with Crippen LogP contribution >= 0.6 is 0 Å². The number of hydrogen-bond donors (Lipinski definition) is 1. The molecule has 0 saturated carbocycles. The van der Waals surface area contributed by atoms with Crippen molar-refractivity contribution in [3.63, 3.8) is 0 Å². The summed E-state index contributed by atoms with van der Waals surface area (Å²) in [5.41, 5.74) is 8.97. The van der Waals surface area contributed by atoms with Crippen molar-refractivity contribution in [3.8, 4) is 0 Å². The highest BCUT2D eigenvalue weighted by molar-refractivity contribution is 5.24. The van der Waals surface area contributed by atoms with Crippen molar-refractivity contribution in [2.45, 2.75) is 26.7 Å². The molecule has 2 rings (SSSR count). The van der Waals surface area contributed by atoms with Crippen LogP contribution in [0.25, 0.3) is 0 Å². The van der Waals surface area contributed by atoms with Crippen LogP contribution in [0.1, 0.15) is 22.6 Å². The first kappa shape index (κ1) is 10.7. The second kappa shape index (κ2) is 4.39. The fourth-order valence-corrected chi connectivity index (χ4v) is 1.70. The molecule has 0 aliphatic heterocycles. The lowest BCUT2D eigenvalue weighted by molar-refractivity contribution is 0.519. The van der Waals surface area contributed by atoms with Gasteiger partial charge in [0.2, 0.25) is 0 Å². The van der Waals surface area contributed by atoms with Gasteiger partial charge in [0, 0.05) is 6.42 Å². The van der Waals surface area contributed by atoms with Crippen LogP contribution < -0.4 is 5.73 Å². The molecule has 1 aromatic heterocycles. The highest BCUT2D eigenvalue weighted by atomic mass is 16.4. The third kappa shape index (κ3) is 2.42. The van der Waals surface area contributed by atoms with Gasteiger partial charge in [0.1, 0.15) is 5.76 Å². The van der Waals surface area contributed by atoms with E-state index in [1.165, 1.54) is 11.1 Å². The number of nitrogen functional groups attached to an aromatic ring is 1. The van der Waals surface area contributed by atoms with Crippen LogP contribution in [0.5, 0.6) is 0 Å². The van der Waals surface area contributed by atoms with Gasteiger partial charge in [-0.15, -0.1) is 0 Å². The van der Waals surface area contributed by atoms with Crippen molar-refractivity contribution in [1.82, 2.24) is 4.98 Å². The Morgan fingerprint density at radius 3 is 2.38 bits per heavy atom. The Hall–Kier alpha value is -1.77. The molecule has 84 valence electrons. The lowest BCUT2D eigenvalue weighted by atomic mass is 10.1. The predicted octanol–water partition coefficient (Wildman–Crippen LogP) is 2.66. The molecule has 16 heavy (non-hydrogen) atoms. The standard InChI is InChI=1S/C13H16N2O/c1-9-3-5-11(6-4-9)7-8-12-10(2)15-13(14)16-12/h3-6H,7-8H2,1-2H3,(H2,14,15). The van der Waals surface area contributed by atoms with Gasteiger partial charge in [-0.05, 0) is 25.8 Å². The summed E-state index contributed by atoms with van der Waals surface area (Å²) in [5.74, 6) is 0.887. The molecule has 0 unspecified atom stereocenters. The summed E-state index contributed by atoms with van der Waals surface area (Å²) in [4.78, 5) is 4.05. The minimum absolute atomic E-state index is 0.261. The maximum Gasteiger partial charge on any atom is 0.292 e. The van der Waals surface area contributed by atoms with Crippen LogP contribution in [0.3, 0.4) is 0 Å². The van der Waals surface area contributed by atoms with E-state index in [0.29, 0.717) is 0 Å². The smallest absolute Gasteiger partial charge is 0.292 e. The van der Waals surface area contributed by atoms with Crippen LogP contribution in [0.4, 0.5) is 6.01 Å². The van der Waals surface area contributed by atoms with Gasteiger partial charge in [0.15, 0.2) is 0 Å². The van der Waals surface area contributed by atoms with Crippen molar-refractivity contribution in [2.75, 3.05) is 5.73 Å². The maximum atomic E-state index is 5.49. The third-order valence-corrected chi connectivity index (χ3v) is 2.67. The lowest BCUT2D eigenvalue weighted by Crippen LogP contribution is -1.91. The van der Waals surface area contributed by atoms with Gasteiger partial charge in [-0.25, -0.2) is 0 Å². The number of rotatable bonds is 3. The Morgan fingerprint density at radius 2 is 1.81 bits per heavy atom. The number of aryl methyl sites for hydroxylation is 4. The van der Waals surface area contributed by atoms with Crippen LogP contribution in [0.2, 0.25) is 0 Å². The molecule has 3 heteroatoms. The molecule has 0 saturated heterocycles. The molecule has 0 spiro atoms. The molecular weight excluding hydrogens is 200 g/mol. The van der Waals surface area contributed by atoms with E-state index in [9.17, 15) is 0 Å². The summed E-state index contributed by atoms with van der Waals surface area (Å²) >= 11 is 0. The van der Waals surface area contributed by atoms with E-state index in [1.54, 1.807) is 0 Å². The number of nitrogens with zero attached hydrogens (tertiary/aromatic N) is 1. The Kier molecular flexibility index (Phi) is 2.95. The summed E-state index contributed by atoms with van der Waals surface area (Å²) in [6, 6.07) is 8.79. The molecule has 2 N–H and O–H groups in total. The minimum Gasteiger partial charge on any atom is -0.429 e. The average molecular weight is 216 g/mol. The molecule has 2 aromatic rings. The molecule has 1 aromatic carbocycles. The van der Waals surface area contributed by atoms with E-state index in [0.717, 1.165) is 24.3 Å². The fraction of sp³-hybridized carbons (Fsp3) is 0.308. The van der Waals surface area contributed by atoms with Crippen molar-refractivity contribution < 1.29 is 4.42 Å². The van der Waals surface area contributed by atoms with E-state index in [2.05, 4.69) is 36.2 Å². The second-order valence-electron chi connectivity index (χ2n) is 4.05. The van der Waals surface area contributed by atoms with Gasteiger partial charge in [-0.2, -0.15) is 4.98 Å². The van der Waals surface area contributed by atoms with Crippen molar-refractivity contribution >= 4 is 6.01 Å². The number of hydrogen-bond acceptors (Lipinski definition) is 3. The van der Waals surface area contributed by atoms with Crippen LogP contribution in [-0.2, 0) is 12.8 Å². The first-order chi connectivity index (χ1) is 7.65. The van der Waals surface area contributed by atoms with E-state index >= 15 is 0 Å². The zero-order valence-corrected chi connectivity index (χ0v) is 9.66. The van der Waals surface area contributed by atoms with Gasteiger partial charge < -0.3 is 10.2 Å². The fourth-order valence-electron chi connectivity index (χ4n) is 1.70. The average Bonchev–Trinajstić information content (AvgIpc) is 2.57.